The fourth-order valence-electron chi connectivity index (χ4n) is 3.40. The fraction of sp³-hybridized carbons (Fsp3) is 1.00. The molecule has 0 aliphatic rings. The van der Waals surface area contributed by atoms with Gasteiger partial charge >= 0.3 is 0 Å². The monoisotopic (exact) mass is 441 g/mol. The minimum absolute atomic E-state index is 0.164. The highest BCUT2D eigenvalue weighted by atomic mass is 31.1. The molecule has 0 amide bonds. The summed E-state index contributed by atoms with van der Waals surface area (Å²) in [5.41, 5.74) is 4.67. The quantitative estimate of drug-likeness (QED) is 0.277. The first kappa shape index (κ1) is 28.6. The molecule has 0 rings (SSSR count). The van der Waals surface area contributed by atoms with Crippen molar-refractivity contribution in [2.75, 3.05) is 26.4 Å². The average Bonchev–Trinajstić information content (AvgIpc) is 2.54. The van der Waals surface area contributed by atoms with E-state index in [1.807, 2.05) is 48.5 Å². The number of hydrogen-bond donors (Lipinski definition) is 1. The summed E-state index contributed by atoms with van der Waals surface area (Å²) in [6, 6.07) is 0. The molecule has 0 aromatic carbocycles. The van der Waals surface area contributed by atoms with E-state index in [0.717, 1.165) is 0 Å². The van der Waals surface area contributed by atoms with Gasteiger partial charge in [-0.2, -0.15) is 0 Å². The molecule has 0 aromatic heterocycles. The van der Waals surface area contributed by atoms with Gasteiger partial charge in [-0.3, -0.25) is 0 Å². The lowest BCUT2D eigenvalue weighted by molar-refractivity contribution is -0.159. The molecule has 2 N–H and O–H groups in total. The Morgan fingerprint density at radius 1 is 0.679 bits per heavy atom. The van der Waals surface area contributed by atoms with E-state index in [2.05, 4.69) is 20.8 Å². The van der Waals surface area contributed by atoms with Crippen molar-refractivity contribution in [2.45, 2.75) is 103 Å². The van der Waals surface area contributed by atoms with E-state index in [1.54, 1.807) is 0 Å². The topological polar surface area (TPSA) is 72.2 Å². The van der Waals surface area contributed by atoms with Gasteiger partial charge < -0.3 is 29.4 Å². The number of hydrogen-bond acceptors (Lipinski definition) is 6. The van der Waals surface area contributed by atoms with Crippen LogP contribution in [0.5, 0.6) is 0 Å². The first-order chi connectivity index (χ1) is 12.9. The van der Waals surface area contributed by atoms with Crippen LogP contribution in [0.1, 0.15) is 69.2 Å². The highest BCUT2D eigenvalue weighted by Gasteiger charge is 2.45. The van der Waals surface area contributed by atoms with Gasteiger partial charge in [0.2, 0.25) is 0 Å². The maximum absolute atomic E-state index is 6.34. The molecule has 0 aliphatic carbocycles. The number of rotatable bonds is 16. The van der Waals surface area contributed by atoms with Crippen molar-refractivity contribution in [3.63, 3.8) is 0 Å². The molecular weight excluding hydrogens is 396 g/mol. The fourth-order valence-corrected chi connectivity index (χ4v) is 7.26. The van der Waals surface area contributed by atoms with Gasteiger partial charge in [-0.25, -0.2) is 0 Å². The smallest absolute Gasteiger partial charge is 0.181 e. The van der Waals surface area contributed by atoms with Gasteiger partial charge in [0.25, 0.3) is 0 Å². The van der Waals surface area contributed by atoms with Gasteiger partial charge in [-0.15, -0.1) is 0 Å². The van der Waals surface area contributed by atoms with Crippen molar-refractivity contribution < 1.29 is 23.7 Å². The summed E-state index contributed by atoms with van der Waals surface area (Å²) < 4.78 is 30.2. The van der Waals surface area contributed by atoms with Crippen LogP contribution in [0.2, 0.25) is 0 Å². The molecule has 5 unspecified atom stereocenters. The first-order valence-corrected chi connectivity index (χ1v) is 12.6. The zero-order valence-electron chi connectivity index (χ0n) is 19.7. The number of nitrogens with two attached hydrogens (primary N) is 1. The molecule has 0 bridgehead atoms. The lowest BCUT2D eigenvalue weighted by atomic mass is 9.98. The third-order valence-corrected chi connectivity index (χ3v) is 8.43. The Morgan fingerprint density at radius 2 is 0.964 bits per heavy atom. The maximum atomic E-state index is 6.34. The van der Waals surface area contributed by atoms with Crippen molar-refractivity contribution in [1.29, 1.82) is 0 Å². The summed E-state index contributed by atoms with van der Waals surface area (Å²) in [7, 11) is 0.787. The van der Waals surface area contributed by atoms with Gasteiger partial charge in [0, 0.05) is 37.7 Å². The molecule has 0 saturated heterocycles. The van der Waals surface area contributed by atoms with E-state index in [4.69, 9.17) is 29.4 Å². The second-order valence-corrected chi connectivity index (χ2v) is 11.5. The van der Waals surface area contributed by atoms with E-state index in [-0.39, 0.29) is 17.5 Å². The van der Waals surface area contributed by atoms with Crippen LogP contribution in [0, 0.1) is 0 Å². The molecule has 0 spiro atoms. The van der Waals surface area contributed by atoms with Crippen LogP contribution >= 0.6 is 17.2 Å². The normalized spacial score (nSPS) is 19.4. The second-order valence-electron chi connectivity index (χ2n) is 7.36. The molecule has 0 fully saturated rings. The van der Waals surface area contributed by atoms with Crippen LogP contribution in [-0.4, -0.2) is 60.6 Å². The van der Waals surface area contributed by atoms with Gasteiger partial charge in [-0.1, -0.05) is 31.0 Å². The summed E-state index contributed by atoms with van der Waals surface area (Å²) in [6.45, 7) is 22.8. The van der Waals surface area contributed by atoms with Gasteiger partial charge in [-0.05, 0) is 55.4 Å². The van der Waals surface area contributed by atoms with E-state index >= 15 is 0 Å². The van der Waals surface area contributed by atoms with Gasteiger partial charge in [0.15, 0.2) is 11.1 Å². The highest BCUT2D eigenvalue weighted by Crippen LogP contribution is 2.50. The Kier molecular flexibility index (Phi) is 13.4. The van der Waals surface area contributed by atoms with Crippen LogP contribution in [0.15, 0.2) is 0 Å². The molecule has 5 atom stereocenters. The molecule has 0 radical (unpaired) electrons. The Morgan fingerprint density at radius 3 is 1.18 bits per heavy atom. The molecule has 0 aliphatic heterocycles. The van der Waals surface area contributed by atoms with E-state index in [9.17, 15) is 0 Å². The largest absolute Gasteiger partial charge is 0.356 e. The Bertz CT molecular complexity index is 383. The Labute approximate surface area is 176 Å². The number of ether oxygens (including phenoxy) is 5. The van der Waals surface area contributed by atoms with Crippen molar-refractivity contribution in [1.82, 2.24) is 0 Å². The van der Waals surface area contributed by atoms with Gasteiger partial charge in [0.1, 0.15) is 6.23 Å². The van der Waals surface area contributed by atoms with Crippen LogP contribution in [0.25, 0.3) is 0 Å². The zero-order valence-corrected chi connectivity index (χ0v) is 21.7. The van der Waals surface area contributed by atoms with Crippen molar-refractivity contribution in [3.8, 4) is 0 Å². The summed E-state index contributed by atoms with van der Waals surface area (Å²) in [6.07, 6.45) is -0.375. The van der Waals surface area contributed by atoms with E-state index in [0.29, 0.717) is 43.6 Å². The molecule has 28 heavy (non-hydrogen) atoms. The molecule has 0 saturated carbocycles. The van der Waals surface area contributed by atoms with Crippen LogP contribution in [0.4, 0.5) is 0 Å². The summed E-state index contributed by atoms with van der Waals surface area (Å²) in [4.78, 5) is 0. The standard InChI is InChI=1S/C20H45NO5P2/c1-11-22-19(9,23-12-2)27-15(5)18(8,26-17(7)21)16(6)28-20(10,24-13-3)25-14-4/h15-17,27-28H,11-14,21H2,1-10H3. The molecule has 0 aromatic rings. The van der Waals surface area contributed by atoms with Crippen LogP contribution in [0.3, 0.4) is 0 Å². The third kappa shape index (κ3) is 9.18. The predicted molar refractivity (Wildman–Crippen MR) is 122 cm³/mol. The van der Waals surface area contributed by atoms with Crippen molar-refractivity contribution in [2.24, 2.45) is 5.73 Å². The average molecular weight is 442 g/mol. The van der Waals surface area contributed by atoms with Crippen molar-refractivity contribution >= 4 is 17.2 Å². The molecule has 6 nitrogen and oxygen atoms in total. The molecular formula is C20H45NO5P2. The summed E-state index contributed by atoms with van der Waals surface area (Å²) in [5, 5.41) is 0. The highest BCUT2D eigenvalue weighted by molar-refractivity contribution is 7.41. The third-order valence-electron chi connectivity index (χ3n) is 4.80. The van der Waals surface area contributed by atoms with Crippen LogP contribution in [-0.2, 0) is 23.7 Å². The first-order valence-electron chi connectivity index (χ1n) is 10.5. The van der Waals surface area contributed by atoms with E-state index < -0.39 is 16.7 Å². The minimum Gasteiger partial charge on any atom is -0.356 e. The SMILES string of the molecule is CCOC(C)(OCC)PC(C)C(C)(OC(C)N)C(C)PC(C)(OCC)OCC. The Balaban J connectivity index is 5.62. The van der Waals surface area contributed by atoms with Crippen LogP contribution < -0.4 is 5.73 Å². The lowest BCUT2D eigenvalue weighted by Gasteiger charge is -2.46. The molecule has 0 heterocycles. The summed E-state index contributed by atoms with van der Waals surface area (Å²) >= 11 is 0. The van der Waals surface area contributed by atoms with Gasteiger partial charge in [0.05, 0.1) is 5.60 Å². The molecule has 170 valence electrons. The minimum atomic E-state index is -0.628. The zero-order chi connectivity index (χ0) is 22.0. The predicted octanol–water partition coefficient (Wildman–Crippen LogP) is 4.69. The lowest BCUT2D eigenvalue weighted by Crippen LogP contribution is -2.52. The summed E-state index contributed by atoms with van der Waals surface area (Å²) in [5.74, 6) is 0. The van der Waals surface area contributed by atoms with Crippen molar-refractivity contribution in [3.05, 3.63) is 0 Å². The molecule has 8 heteroatoms. The second kappa shape index (κ2) is 13.1. The maximum Gasteiger partial charge on any atom is 0.181 e. The Hall–Kier alpha value is 0.620. The van der Waals surface area contributed by atoms with E-state index in [1.165, 1.54) is 0 Å².